The molecule has 66 valence electrons. The van der Waals surface area contributed by atoms with Crippen LogP contribution in [0.25, 0.3) is 5.65 Å². The van der Waals surface area contributed by atoms with Gasteiger partial charge in [0.25, 0.3) is 0 Å². The van der Waals surface area contributed by atoms with Crippen molar-refractivity contribution in [3.8, 4) is 0 Å². The van der Waals surface area contributed by atoms with Crippen LogP contribution in [-0.2, 0) is 6.42 Å². The van der Waals surface area contributed by atoms with Crippen LogP contribution in [0.3, 0.4) is 0 Å². The van der Waals surface area contributed by atoms with Crippen LogP contribution < -0.4 is 0 Å². The number of halogens is 1. The first kappa shape index (κ1) is 8.26. The molecule has 4 heteroatoms. The van der Waals surface area contributed by atoms with Gasteiger partial charge in [-0.25, -0.2) is 9.50 Å². The molecule has 0 spiro atoms. The molecule has 0 saturated carbocycles. The fourth-order valence-corrected chi connectivity index (χ4v) is 1.37. The molecule has 2 rings (SSSR count). The SMILES string of the molecule is C=CCc1cn2nccc2nc1Cl. The highest BCUT2D eigenvalue weighted by molar-refractivity contribution is 6.30. The molecule has 0 aliphatic heterocycles. The monoisotopic (exact) mass is 193 g/mol. The number of rotatable bonds is 2. The average molecular weight is 194 g/mol. The second-order valence-electron chi connectivity index (χ2n) is 2.68. The highest BCUT2D eigenvalue weighted by atomic mass is 35.5. The van der Waals surface area contributed by atoms with Crippen molar-refractivity contribution in [3.63, 3.8) is 0 Å². The van der Waals surface area contributed by atoms with Crippen LogP contribution in [0.15, 0.2) is 31.1 Å². The molecule has 2 heterocycles. The molecule has 0 N–H and O–H groups in total. The Bertz CT molecular complexity index is 447. The molecule has 3 nitrogen and oxygen atoms in total. The lowest BCUT2D eigenvalue weighted by molar-refractivity contribution is 0.920. The molecular weight excluding hydrogens is 186 g/mol. The van der Waals surface area contributed by atoms with Gasteiger partial charge in [-0.3, -0.25) is 0 Å². The molecule has 0 bridgehead atoms. The van der Waals surface area contributed by atoms with Crippen molar-refractivity contribution < 1.29 is 0 Å². The maximum Gasteiger partial charge on any atom is 0.156 e. The van der Waals surface area contributed by atoms with Gasteiger partial charge in [0, 0.05) is 17.8 Å². The lowest BCUT2D eigenvalue weighted by Crippen LogP contribution is -1.95. The second-order valence-corrected chi connectivity index (χ2v) is 3.04. The van der Waals surface area contributed by atoms with Crippen molar-refractivity contribution in [2.75, 3.05) is 0 Å². The van der Waals surface area contributed by atoms with Gasteiger partial charge < -0.3 is 0 Å². The number of allylic oxidation sites excluding steroid dienone is 1. The molecule has 2 aromatic rings. The average Bonchev–Trinajstić information content (AvgIpc) is 2.52. The highest BCUT2D eigenvalue weighted by Crippen LogP contribution is 2.14. The number of fused-ring (bicyclic) bond motifs is 1. The first-order valence-corrected chi connectivity index (χ1v) is 4.28. The zero-order valence-electron chi connectivity index (χ0n) is 6.94. The topological polar surface area (TPSA) is 30.2 Å². The predicted octanol–water partition coefficient (Wildman–Crippen LogP) is 2.11. The summed E-state index contributed by atoms with van der Waals surface area (Å²) in [5, 5.41) is 4.59. The maximum absolute atomic E-state index is 5.94. The van der Waals surface area contributed by atoms with E-state index in [-0.39, 0.29) is 0 Å². The van der Waals surface area contributed by atoms with Crippen LogP contribution in [-0.4, -0.2) is 14.6 Å². The number of hydrogen-bond acceptors (Lipinski definition) is 2. The van der Waals surface area contributed by atoms with Crippen molar-refractivity contribution in [1.29, 1.82) is 0 Å². The van der Waals surface area contributed by atoms with Gasteiger partial charge in [-0.15, -0.1) is 6.58 Å². The van der Waals surface area contributed by atoms with E-state index in [1.807, 2.05) is 12.3 Å². The van der Waals surface area contributed by atoms with Gasteiger partial charge in [-0.2, -0.15) is 5.10 Å². The van der Waals surface area contributed by atoms with Gasteiger partial charge in [-0.05, 0) is 6.42 Å². The third kappa shape index (κ3) is 1.42. The summed E-state index contributed by atoms with van der Waals surface area (Å²) in [5.74, 6) is 0. The van der Waals surface area contributed by atoms with Crippen LogP contribution in [0.4, 0.5) is 0 Å². The molecule has 0 aromatic carbocycles. The lowest BCUT2D eigenvalue weighted by Gasteiger charge is -2.00. The highest BCUT2D eigenvalue weighted by Gasteiger charge is 2.03. The molecule has 2 aromatic heterocycles. The van der Waals surface area contributed by atoms with Crippen LogP contribution in [0.5, 0.6) is 0 Å². The Morgan fingerprint density at radius 3 is 3.23 bits per heavy atom. The summed E-state index contributed by atoms with van der Waals surface area (Å²) in [6.45, 7) is 3.65. The molecule has 0 amide bonds. The van der Waals surface area contributed by atoms with Crippen molar-refractivity contribution >= 4 is 17.2 Å². The molecule has 0 radical (unpaired) electrons. The van der Waals surface area contributed by atoms with Gasteiger partial charge in [0.15, 0.2) is 5.65 Å². The number of aromatic nitrogens is 3. The third-order valence-corrected chi connectivity index (χ3v) is 2.10. The minimum Gasteiger partial charge on any atom is -0.222 e. The van der Waals surface area contributed by atoms with E-state index in [1.165, 1.54) is 0 Å². The van der Waals surface area contributed by atoms with E-state index in [0.717, 1.165) is 11.2 Å². The Kier molecular flexibility index (Phi) is 2.02. The Morgan fingerprint density at radius 1 is 1.62 bits per heavy atom. The van der Waals surface area contributed by atoms with Gasteiger partial charge in [-0.1, -0.05) is 17.7 Å². The lowest BCUT2D eigenvalue weighted by atomic mass is 10.2. The summed E-state index contributed by atoms with van der Waals surface area (Å²) in [6.07, 6.45) is 6.06. The largest absolute Gasteiger partial charge is 0.222 e. The van der Waals surface area contributed by atoms with E-state index >= 15 is 0 Å². The van der Waals surface area contributed by atoms with Gasteiger partial charge in [0.2, 0.25) is 0 Å². The van der Waals surface area contributed by atoms with Gasteiger partial charge in [0.05, 0.1) is 6.20 Å². The fraction of sp³-hybridized carbons (Fsp3) is 0.111. The van der Waals surface area contributed by atoms with E-state index < -0.39 is 0 Å². The molecule has 0 saturated heterocycles. The minimum atomic E-state index is 0.521. The quantitative estimate of drug-likeness (QED) is 0.540. The van der Waals surface area contributed by atoms with Crippen molar-refractivity contribution in [2.45, 2.75) is 6.42 Å². The summed E-state index contributed by atoms with van der Waals surface area (Å²) in [6, 6.07) is 1.81. The molecule has 0 aliphatic carbocycles. The van der Waals surface area contributed by atoms with Crippen LogP contribution in [0.1, 0.15) is 5.56 Å². The van der Waals surface area contributed by atoms with Crippen molar-refractivity contribution in [1.82, 2.24) is 14.6 Å². The molecule has 0 unspecified atom stereocenters. The second kappa shape index (κ2) is 3.18. The molecule has 0 aliphatic rings. The predicted molar refractivity (Wildman–Crippen MR) is 51.9 cm³/mol. The summed E-state index contributed by atoms with van der Waals surface area (Å²) in [4.78, 5) is 4.17. The van der Waals surface area contributed by atoms with Crippen LogP contribution in [0.2, 0.25) is 5.15 Å². The van der Waals surface area contributed by atoms with Gasteiger partial charge in [0.1, 0.15) is 5.15 Å². The van der Waals surface area contributed by atoms with E-state index in [4.69, 9.17) is 11.6 Å². The Balaban J connectivity index is 2.62. The summed E-state index contributed by atoms with van der Waals surface area (Å²) in [7, 11) is 0. The Hall–Kier alpha value is -1.35. The number of nitrogens with zero attached hydrogens (tertiary/aromatic N) is 3. The van der Waals surface area contributed by atoms with E-state index in [0.29, 0.717) is 11.6 Å². The first-order chi connectivity index (χ1) is 6.31. The zero-order valence-corrected chi connectivity index (χ0v) is 7.70. The third-order valence-electron chi connectivity index (χ3n) is 1.77. The first-order valence-electron chi connectivity index (χ1n) is 3.91. The summed E-state index contributed by atoms with van der Waals surface area (Å²) >= 11 is 5.94. The number of hydrogen-bond donors (Lipinski definition) is 0. The normalized spacial score (nSPS) is 10.5. The van der Waals surface area contributed by atoms with Crippen molar-refractivity contribution in [3.05, 3.63) is 41.8 Å². The van der Waals surface area contributed by atoms with E-state index in [1.54, 1.807) is 16.8 Å². The molecule has 0 atom stereocenters. The summed E-state index contributed by atoms with van der Waals surface area (Å²) < 4.78 is 1.70. The van der Waals surface area contributed by atoms with E-state index in [2.05, 4.69) is 16.7 Å². The molecule has 13 heavy (non-hydrogen) atoms. The zero-order chi connectivity index (χ0) is 9.26. The molecular formula is C9H8ClN3. The maximum atomic E-state index is 5.94. The van der Waals surface area contributed by atoms with Crippen molar-refractivity contribution in [2.24, 2.45) is 0 Å². The van der Waals surface area contributed by atoms with Gasteiger partial charge >= 0.3 is 0 Å². The Morgan fingerprint density at radius 2 is 2.46 bits per heavy atom. The fourth-order valence-electron chi connectivity index (χ4n) is 1.16. The molecule has 0 fully saturated rings. The van der Waals surface area contributed by atoms with E-state index in [9.17, 15) is 0 Å². The standard InChI is InChI=1S/C9H8ClN3/c1-2-3-7-6-13-8(4-5-11-13)12-9(7)10/h2,4-6H,1,3H2. The van der Waals surface area contributed by atoms with Crippen LogP contribution in [0, 0.1) is 0 Å². The minimum absolute atomic E-state index is 0.521. The Labute approximate surface area is 80.7 Å². The van der Waals surface area contributed by atoms with Crippen LogP contribution >= 0.6 is 11.6 Å². The smallest absolute Gasteiger partial charge is 0.156 e. The summed E-state index contributed by atoms with van der Waals surface area (Å²) in [5.41, 5.74) is 1.70.